The van der Waals surface area contributed by atoms with Crippen LogP contribution in [0.3, 0.4) is 0 Å². The lowest BCUT2D eigenvalue weighted by atomic mass is 9.97. The van der Waals surface area contributed by atoms with E-state index < -0.39 is 10.0 Å². The Bertz CT molecular complexity index is 942. The van der Waals surface area contributed by atoms with Gasteiger partial charge < -0.3 is 14.6 Å². The Balaban J connectivity index is 1.53. The second kappa shape index (κ2) is 10.3. The van der Waals surface area contributed by atoms with E-state index in [-0.39, 0.29) is 29.8 Å². The Morgan fingerprint density at radius 1 is 1.33 bits per heavy atom. The van der Waals surface area contributed by atoms with Crippen LogP contribution in [0.1, 0.15) is 26.2 Å². The van der Waals surface area contributed by atoms with E-state index in [9.17, 15) is 13.2 Å². The summed E-state index contributed by atoms with van der Waals surface area (Å²) in [6, 6.07) is 4.60. The molecule has 1 aliphatic heterocycles. The Morgan fingerprint density at radius 2 is 2.10 bits per heavy atom. The van der Waals surface area contributed by atoms with Gasteiger partial charge in [0.1, 0.15) is 10.6 Å². The number of nitrogens with one attached hydrogen (secondary N) is 1. The molecule has 1 fully saturated rings. The number of hydrogen-bond donors (Lipinski definition) is 1. The van der Waals surface area contributed by atoms with Gasteiger partial charge in [0, 0.05) is 49.5 Å². The first-order valence-electron chi connectivity index (χ1n) is 10.1. The van der Waals surface area contributed by atoms with Crippen molar-refractivity contribution in [2.45, 2.75) is 37.6 Å². The van der Waals surface area contributed by atoms with Crippen LogP contribution in [0, 0.1) is 5.92 Å². The highest BCUT2D eigenvalue weighted by Crippen LogP contribution is 2.32. The first-order valence-corrected chi connectivity index (χ1v) is 11.9. The van der Waals surface area contributed by atoms with Gasteiger partial charge in [-0.1, -0.05) is 11.6 Å². The van der Waals surface area contributed by atoms with Gasteiger partial charge in [-0.2, -0.15) is 4.31 Å². The molecule has 3 rings (SSSR count). The number of ether oxygens (including phenoxy) is 1. The zero-order valence-corrected chi connectivity index (χ0v) is 18.5. The van der Waals surface area contributed by atoms with Crippen molar-refractivity contribution in [1.29, 1.82) is 0 Å². The van der Waals surface area contributed by atoms with Gasteiger partial charge in [-0.3, -0.25) is 4.79 Å². The van der Waals surface area contributed by atoms with Crippen LogP contribution in [0.2, 0.25) is 5.02 Å². The maximum absolute atomic E-state index is 13.1. The van der Waals surface area contributed by atoms with Gasteiger partial charge in [-0.15, -0.1) is 0 Å². The quantitative estimate of drug-likeness (QED) is 0.587. The third kappa shape index (κ3) is 5.53. The van der Waals surface area contributed by atoms with E-state index in [1.165, 1.54) is 10.4 Å². The number of hydrogen-bond acceptors (Lipinski definition) is 5. The highest BCUT2D eigenvalue weighted by molar-refractivity contribution is 7.89. The number of halogens is 1. The van der Waals surface area contributed by atoms with Crippen molar-refractivity contribution in [1.82, 2.24) is 19.2 Å². The molecular formula is C20H27ClN4O4S. The Labute approximate surface area is 182 Å². The fourth-order valence-electron chi connectivity index (χ4n) is 3.49. The van der Waals surface area contributed by atoms with Gasteiger partial charge in [0.15, 0.2) is 0 Å². The minimum Gasteiger partial charge on any atom is -0.492 e. The largest absolute Gasteiger partial charge is 0.492 e. The summed E-state index contributed by atoms with van der Waals surface area (Å²) in [5.74, 6) is 0.0884. The van der Waals surface area contributed by atoms with Gasteiger partial charge in [-0.25, -0.2) is 13.4 Å². The molecule has 0 unspecified atom stereocenters. The number of aromatic nitrogens is 2. The summed E-state index contributed by atoms with van der Waals surface area (Å²) in [7, 11) is -3.75. The van der Waals surface area contributed by atoms with E-state index >= 15 is 0 Å². The van der Waals surface area contributed by atoms with Crippen LogP contribution in [0.15, 0.2) is 41.8 Å². The third-order valence-electron chi connectivity index (χ3n) is 5.10. The standard InChI is InChI=1S/C20H27ClN4O4S/c1-2-29-18-5-4-17(21)14-19(18)30(27,28)25-11-6-16(7-12-25)20(26)23-8-3-10-24-13-9-22-15-24/h4-5,9,13-16H,2-3,6-8,10-12H2,1H3,(H,23,26). The summed E-state index contributed by atoms with van der Waals surface area (Å²) in [6.07, 6.45) is 7.13. The molecular weight excluding hydrogens is 428 g/mol. The first kappa shape index (κ1) is 22.6. The summed E-state index contributed by atoms with van der Waals surface area (Å²) >= 11 is 6.02. The molecule has 1 aliphatic rings. The number of benzene rings is 1. The molecule has 1 aromatic carbocycles. The van der Waals surface area contributed by atoms with Crippen LogP contribution in [0.5, 0.6) is 5.75 Å². The van der Waals surface area contributed by atoms with E-state index in [1.54, 1.807) is 31.6 Å². The van der Waals surface area contributed by atoms with Crippen molar-refractivity contribution >= 4 is 27.5 Å². The maximum Gasteiger partial charge on any atom is 0.246 e. The number of aryl methyl sites for hydroxylation is 1. The van der Waals surface area contributed by atoms with Crippen LogP contribution >= 0.6 is 11.6 Å². The molecule has 1 N–H and O–H groups in total. The molecule has 10 heteroatoms. The Morgan fingerprint density at radius 3 is 2.77 bits per heavy atom. The van der Waals surface area contributed by atoms with E-state index in [1.807, 2.05) is 10.8 Å². The molecule has 2 heterocycles. The average Bonchev–Trinajstić information content (AvgIpc) is 3.26. The van der Waals surface area contributed by atoms with E-state index in [0.717, 1.165) is 13.0 Å². The molecule has 164 valence electrons. The number of rotatable bonds is 9. The van der Waals surface area contributed by atoms with Gasteiger partial charge in [0.05, 0.1) is 12.9 Å². The average molecular weight is 455 g/mol. The molecule has 0 aliphatic carbocycles. The molecule has 0 saturated carbocycles. The van der Waals surface area contributed by atoms with Gasteiger partial charge in [0.2, 0.25) is 15.9 Å². The highest BCUT2D eigenvalue weighted by Gasteiger charge is 2.33. The van der Waals surface area contributed by atoms with Crippen LogP contribution in [0.4, 0.5) is 0 Å². The lowest BCUT2D eigenvalue weighted by molar-refractivity contribution is -0.126. The molecule has 0 spiro atoms. The fourth-order valence-corrected chi connectivity index (χ4v) is 5.36. The lowest BCUT2D eigenvalue weighted by Gasteiger charge is -2.31. The Hall–Kier alpha value is -2.10. The van der Waals surface area contributed by atoms with Crippen molar-refractivity contribution in [3.63, 3.8) is 0 Å². The molecule has 1 saturated heterocycles. The number of imidazole rings is 1. The lowest BCUT2D eigenvalue weighted by Crippen LogP contribution is -2.43. The molecule has 0 bridgehead atoms. The van der Waals surface area contributed by atoms with Crippen molar-refractivity contribution in [3.05, 3.63) is 41.9 Å². The predicted molar refractivity (Wildman–Crippen MR) is 114 cm³/mol. The number of carbonyl (C=O) groups excluding carboxylic acids is 1. The smallest absolute Gasteiger partial charge is 0.246 e. The van der Waals surface area contributed by atoms with Gasteiger partial charge >= 0.3 is 0 Å². The van der Waals surface area contributed by atoms with Crippen LogP contribution in [0.25, 0.3) is 0 Å². The van der Waals surface area contributed by atoms with Gasteiger partial charge in [0.25, 0.3) is 0 Å². The number of sulfonamides is 1. The first-order chi connectivity index (χ1) is 14.4. The van der Waals surface area contributed by atoms with Gasteiger partial charge in [-0.05, 0) is 44.4 Å². The molecule has 2 aromatic rings. The minimum absolute atomic E-state index is 0.0181. The predicted octanol–water partition coefficient (Wildman–Crippen LogP) is 2.54. The van der Waals surface area contributed by atoms with Crippen molar-refractivity contribution < 1.29 is 17.9 Å². The summed E-state index contributed by atoms with van der Waals surface area (Å²) < 4.78 is 35.1. The third-order valence-corrected chi connectivity index (χ3v) is 7.25. The van der Waals surface area contributed by atoms with E-state index in [0.29, 0.717) is 36.8 Å². The Kier molecular flexibility index (Phi) is 7.74. The second-order valence-corrected chi connectivity index (χ2v) is 9.49. The summed E-state index contributed by atoms with van der Waals surface area (Å²) in [4.78, 5) is 16.5. The van der Waals surface area contributed by atoms with E-state index in [2.05, 4.69) is 10.3 Å². The van der Waals surface area contributed by atoms with Crippen molar-refractivity contribution in [2.24, 2.45) is 5.92 Å². The number of nitrogens with zero attached hydrogens (tertiary/aromatic N) is 3. The SMILES string of the molecule is CCOc1ccc(Cl)cc1S(=O)(=O)N1CCC(C(=O)NCCCn2ccnc2)CC1. The van der Waals surface area contributed by atoms with Crippen LogP contribution in [-0.2, 0) is 21.4 Å². The van der Waals surface area contributed by atoms with E-state index in [4.69, 9.17) is 16.3 Å². The molecule has 1 amide bonds. The topological polar surface area (TPSA) is 93.5 Å². The summed E-state index contributed by atoms with van der Waals surface area (Å²) in [6.45, 7) is 4.09. The highest BCUT2D eigenvalue weighted by atomic mass is 35.5. The maximum atomic E-state index is 13.1. The summed E-state index contributed by atoms with van der Waals surface area (Å²) in [5.41, 5.74) is 0. The minimum atomic E-state index is -3.75. The molecule has 30 heavy (non-hydrogen) atoms. The zero-order chi connectivity index (χ0) is 21.6. The monoisotopic (exact) mass is 454 g/mol. The second-order valence-electron chi connectivity index (χ2n) is 7.15. The molecule has 8 nitrogen and oxygen atoms in total. The van der Waals surface area contributed by atoms with Crippen LogP contribution < -0.4 is 10.1 Å². The van der Waals surface area contributed by atoms with Crippen molar-refractivity contribution in [3.8, 4) is 5.75 Å². The fraction of sp³-hybridized carbons (Fsp3) is 0.500. The van der Waals surface area contributed by atoms with Crippen molar-refractivity contribution in [2.75, 3.05) is 26.2 Å². The molecule has 0 atom stereocenters. The number of carbonyl (C=O) groups is 1. The number of piperidine rings is 1. The molecule has 0 radical (unpaired) electrons. The summed E-state index contributed by atoms with van der Waals surface area (Å²) in [5, 5.41) is 3.29. The molecule has 1 aromatic heterocycles. The van der Waals surface area contributed by atoms with Crippen LogP contribution in [-0.4, -0.2) is 54.4 Å². The zero-order valence-electron chi connectivity index (χ0n) is 17.0. The normalized spacial score (nSPS) is 15.8. The number of amides is 1.